The van der Waals surface area contributed by atoms with Crippen LogP contribution in [0.3, 0.4) is 0 Å². The Hall–Kier alpha value is -1.26. The normalized spacial score (nSPS) is 10.1. The molecule has 0 aromatic rings. The van der Waals surface area contributed by atoms with E-state index in [-0.39, 0.29) is 18.0 Å². The van der Waals surface area contributed by atoms with E-state index in [1.54, 1.807) is 11.8 Å². The Kier molecular flexibility index (Phi) is 7.33. The highest BCUT2D eigenvalue weighted by Gasteiger charge is 2.07. The van der Waals surface area contributed by atoms with Crippen LogP contribution in [0.4, 0.5) is 4.79 Å². The van der Waals surface area contributed by atoms with Crippen molar-refractivity contribution in [2.45, 2.75) is 40.2 Å². The molecule has 0 saturated carbocycles. The highest BCUT2D eigenvalue weighted by Crippen LogP contribution is 1.91. The molecule has 0 aliphatic rings. The van der Waals surface area contributed by atoms with Crippen molar-refractivity contribution in [3.05, 3.63) is 0 Å². The van der Waals surface area contributed by atoms with E-state index in [4.69, 9.17) is 0 Å². The lowest BCUT2D eigenvalue weighted by molar-refractivity contribution is -0.128. The summed E-state index contributed by atoms with van der Waals surface area (Å²) in [5, 5.41) is 5.44. The van der Waals surface area contributed by atoms with E-state index in [0.29, 0.717) is 13.1 Å². The summed E-state index contributed by atoms with van der Waals surface area (Å²) in [7, 11) is 0. The lowest BCUT2D eigenvalue weighted by Crippen LogP contribution is -2.43. The van der Waals surface area contributed by atoms with Crippen molar-refractivity contribution in [1.82, 2.24) is 15.5 Å². The number of hydrogen-bond acceptors (Lipinski definition) is 2. The van der Waals surface area contributed by atoms with Gasteiger partial charge in [-0.1, -0.05) is 6.92 Å². The Morgan fingerprint density at radius 3 is 2.31 bits per heavy atom. The molecular formula is C11H23N3O2. The highest BCUT2D eigenvalue weighted by molar-refractivity contribution is 5.74. The fraction of sp³-hybridized carbons (Fsp3) is 0.818. The van der Waals surface area contributed by atoms with E-state index in [1.165, 1.54) is 0 Å². The van der Waals surface area contributed by atoms with Gasteiger partial charge >= 0.3 is 6.03 Å². The Bertz CT molecular complexity index is 229. The first-order chi connectivity index (χ1) is 7.47. The number of carbonyl (C=O) groups excluding carboxylic acids is 2. The van der Waals surface area contributed by atoms with Crippen molar-refractivity contribution >= 4 is 11.9 Å². The maximum Gasteiger partial charge on any atom is 0.315 e. The molecule has 2 N–H and O–H groups in total. The molecule has 5 nitrogen and oxygen atoms in total. The third-order valence-electron chi connectivity index (χ3n) is 2.03. The molecule has 0 heterocycles. The first-order valence-electron chi connectivity index (χ1n) is 5.77. The third kappa shape index (κ3) is 7.09. The van der Waals surface area contributed by atoms with Gasteiger partial charge in [-0.05, 0) is 20.3 Å². The molecule has 0 aromatic heterocycles. The van der Waals surface area contributed by atoms with Gasteiger partial charge in [0, 0.05) is 32.6 Å². The van der Waals surface area contributed by atoms with Crippen LogP contribution in [0.25, 0.3) is 0 Å². The average molecular weight is 229 g/mol. The van der Waals surface area contributed by atoms with Gasteiger partial charge in [0.05, 0.1) is 0 Å². The summed E-state index contributed by atoms with van der Waals surface area (Å²) in [5.41, 5.74) is 0. The third-order valence-corrected chi connectivity index (χ3v) is 2.03. The molecule has 0 rings (SSSR count). The molecule has 0 aliphatic heterocycles. The molecule has 0 atom stereocenters. The number of nitrogens with zero attached hydrogens (tertiary/aromatic N) is 1. The topological polar surface area (TPSA) is 61.4 Å². The molecule has 0 aliphatic carbocycles. The Balaban J connectivity index is 3.77. The van der Waals surface area contributed by atoms with Gasteiger partial charge in [-0.2, -0.15) is 0 Å². The van der Waals surface area contributed by atoms with E-state index >= 15 is 0 Å². The fourth-order valence-electron chi connectivity index (χ4n) is 1.31. The highest BCUT2D eigenvalue weighted by atomic mass is 16.2. The Morgan fingerprint density at radius 1 is 1.25 bits per heavy atom. The van der Waals surface area contributed by atoms with Crippen molar-refractivity contribution in [1.29, 1.82) is 0 Å². The van der Waals surface area contributed by atoms with Crippen molar-refractivity contribution in [3.63, 3.8) is 0 Å². The number of nitrogens with one attached hydrogen (secondary N) is 2. The van der Waals surface area contributed by atoms with Gasteiger partial charge in [-0.25, -0.2) is 4.79 Å². The van der Waals surface area contributed by atoms with E-state index in [0.717, 1.165) is 13.0 Å². The molecule has 5 heteroatoms. The van der Waals surface area contributed by atoms with Gasteiger partial charge in [0.1, 0.15) is 0 Å². The smallest absolute Gasteiger partial charge is 0.315 e. The fourth-order valence-corrected chi connectivity index (χ4v) is 1.31. The molecular weight excluding hydrogens is 206 g/mol. The number of carbonyl (C=O) groups is 2. The number of amides is 3. The van der Waals surface area contributed by atoms with E-state index in [2.05, 4.69) is 10.6 Å². The standard InChI is InChI=1S/C11H23N3O2/c1-5-7-14(10(4)15)8-6-12-11(16)13-9(2)3/h9H,5-8H2,1-4H3,(H2,12,13,16). The molecule has 0 radical (unpaired) electrons. The first kappa shape index (κ1) is 14.7. The van der Waals surface area contributed by atoms with Crippen LogP contribution in [-0.4, -0.2) is 42.5 Å². The zero-order valence-electron chi connectivity index (χ0n) is 10.7. The Labute approximate surface area is 97.6 Å². The summed E-state index contributed by atoms with van der Waals surface area (Å²) in [6, 6.07) is -0.0606. The van der Waals surface area contributed by atoms with Crippen LogP contribution < -0.4 is 10.6 Å². The number of urea groups is 1. The second kappa shape index (κ2) is 7.96. The number of hydrogen-bond donors (Lipinski definition) is 2. The summed E-state index contributed by atoms with van der Waals surface area (Å²) < 4.78 is 0. The predicted octanol–water partition coefficient (Wildman–Crippen LogP) is 0.953. The molecule has 3 amide bonds. The molecule has 16 heavy (non-hydrogen) atoms. The average Bonchev–Trinajstić information content (AvgIpc) is 2.15. The summed E-state index contributed by atoms with van der Waals surface area (Å²) >= 11 is 0. The maximum atomic E-state index is 11.2. The molecule has 0 spiro atoms. The van der Waals surface area contributed by atoms with Gasteiger partial charge in [0.2, 0.25) is 5.91 Å². The molecule has 94 valence electrons. The predicted molar refractivity (Wildman–Crippen MR) is 64.2 cm³/mol. The zero-order valence-corrected chi connectivity index (χ0v) is 10.7. The van der Waals surface area contributed by atoms with Gasteiger partial charge in [-0.3, -0.25) is 4.79 Å². The van der Waals surface area contributed by atoms with Crippen molar-refractivity contribution < 1.29 is 9.59 Å². The number of rotatable bonds is 6. The molecule has 0 aromatic carbocycles. The SMILES string of the molecule is CCCN(CCNC(=O)NC(C)C)C(C)=O. The van der Waals surface area contributed by atoms with E-state index in [1.807, 2.05) is 20.8 Å². The Morgan fingerprint density at radius 2 is 1.88 bits per heavy atom. The van der Waals surface area contributed by atoms with Gasteiger partial charge in [-0.15, -0.1) is 0 Å². The molecule has 0 bridgehead atoms. The van der Waals surface area contributed by atoms with Gasteiger partial charge in [0.25, 0.3) is 0 Å². The molecule has 0 fully saturated rings. The lowest BCUT2D eigenvalue weighted by Gasteiger charge is -2.20. The van der Waals surface area contributed by atoms with Crippen LogP contribution in [0.5, 0.6) is 0 Å². The summed E-state index contributed by atoms with van der Waals surface area (Å²) in [5.74, 6) is 0.0490. The lowest BCUT2D eigenvalue weighted by atomic mass is 10.4. The summed E-state index contributed by atoms with van der Waals surface area (Å²) in [6.07, 6.45) is 0.928. The van der Waals surface area contributed by atoms with Crippen molar-refractivity contribution in [2.24, 2.45) is 0 Å². The van der Waals surface area contributed by atoms with Crippen LogP contribution in [0.1, 0.15) is 34.1 Å². The van der Waals surface area contributed by atoms with Crippen LogP contribution in [0.15, 0.2) is 0 Å². The van der Waals surface area contributed by atoms with Crippen LogP contribution in [0, 0.1) is 0 Å². The monoisotopic (exact) mass is 229 g/mol. The summed E-state index contributed by atoms with van der Waals surface area (Å²) in [6.45, 7) is 9.16. The van der Waals surface area contributed by atoms with E-state index in [9.17, 15) is 9.59 Å². The van der Waals surface area contributed by atoms with Crippen LogP contribution in [0.2, 0.25) is 0 Å². The van der Waals surface area contributed by atoms with Gasteiger partial charge < -0.3 is 15.5 Å². The minimum absolute atomic E-state index is 0.0490. The second-order valence-electron chi connectivity index (χ2n) is 4.06. The zero-order chi connectivity index (χ0) is 12.6. The molecule has 0 saturated heterocycles. The van der Waals surface area contributed by atoms with Crippen LogP contribution in [-0.2, 0) is 4.79 Å². The van der Waals surface area contributed by atoms with Gasteiger partial charge in [0.15, 0.2) is 0 Å². The largest absolute Gasteiger partial charge is 0.341 e. The maximum absolute atomic E-state index is 11.2. The van der Waals surface area contributed by atoms with Crippen molar-refractivity contribution in [3.8, 4) is 0 Å². The van der Waals surface area contributed by atoms with E-state index < -0.39 is 0 Å². The van der Waals surface area contributed by atoms with Crippen molar-refractivity contribution in [2.75, 3.05) is 19.6 Å². The first-order valence-corrected chi connectivity index (χ1v) is 5.77. The van der Waals surface area contributed by atoms with Crippen LogP contribution >= 0.6 is 0 Å². The molecule has 0 unspecified atom stereocenters. The minimum Gasteiger partial charge on any atom is -0.341 e. The second-order valence-corrected chi connectivity index (χ2v) is 4.06. The quantitative estimate of drug-likeness (QED) is 0.712. The minimum atomic E-state index is -0.185. The summed E-state index contributed by atoms with van der Waals surface area (Å²) in [4.78, 5) is 24.2.